The lowest BCUT2D eigenvalue weighted by Gasteiger charge is -2.19. The SMILES string of the molecule is CCc1nc(C(C)C)ccc1C(=O)N(C)Cc1ccccn1. The topological polar surface area (TPSA) is 46.1 Å². The molecule has 116 valence electrons. The molecule has 0 aliphatic carbocycles. The van der Waals surface area contributed by atoms with Gasteiger partial charge < -0.3 is 4.90 Å². The number of nitrogens with zero attached hydrogens (tertiary/aromatic N) is 3. The molecule has 4 nitrogen and oxygen atoms in total. The van der Waals surface area contributed by atoms with Crippen LogP contribution < -0.4 is 0 Å². The van der Waals surface area contributed by atoms with Gasteiger partial charge in [-0.3, -0.25) is 14.8 Å². The van der Waals surface area contributed by atoms with Crippen LogP contribution in [0.1, 0.15) is 54.1 Å². The van der Waals surface area contributed by atoms with Crippen molar-refractivity contribution < 1.29 is 4.79 Å². The standard InChI is InChI=1S/C18H23N3O/c1-5-16-15(9-10-17(20-16)13(2)3)18(22)21(4)12-14-8-6-7-11-19-14/h6-11,13H,5,12H2,1-4H3. The van der Waals surface area contributed by atoms with Gasteiger partial charge in [-0.2, -0.15) is 0 Å². The number of aromatic nitrogens is 2. The van der Waals surface area contributed by atoms with Crippen LogP contribution in [-0.4, -0.2) is 27.8 Å². The third-order valence-corrected chi connectivity index (χ3v) is 3.62. The zero-order chi connectivity index (χ0) is 16.1. The van der Waals surface area contributed by atoms with Crippen molar-refractivity contribution in [1.82, 2.24) is 14.9 Å². The highest BCUT2D eigenvalue weighted by atomic mass is 16.2. The Morgan fingerprint density at radius 1 is 1.23 bits per heavy atom. The van der Waals surface area contributed by atoms with Crippen LogP contribution in [0.3, 0.4) is 0 Å². The lowest BCUT2D eigenvalue weighted by Crippen LogP contribution is -2.28. The fraction of sp³-hybridized carbons (Fsp3) is 0.389. The first-order valence-electron chi connectivity index (χ1n) is 7.68. The van der Waals surface area contributed by atoms with Crippen molar-refractivity contribution in [3.63, 3.8) is 0 Å². The predicted octanol–water partition coefficient (Wildman–Crippen LogP) is 3.43. The van der Waals surface area contributed by atoms with Crippen LogP contribution in [-0.2, 0) is 13.0 Å². The molecular weight excluding hydrogens is 274 g/mol. The van der Waals surface area contributed by atoms with E-state index in [9.17, 15) is 4.79 Å². The van der Waals surface area contributed by atoms with E-state index in [1.165, 1.54) is 0 Å². The smallest absolute Gasteiger partial charge is 0.255 e. The molecule has 2 aromatic heterocycles. The van der Waals surface area contributed by atoms with Gasteiger partial charge in [-0.05, 0) is 36.6 Å². The van der Waals surface area contributed by atoms with Gasteiger partial charge in [0.15, 0.2) is 0 Å². The second-order valence-electron chi connectivity index (χ2n) is 5.72. The van der Waals surface area contributed by atoms with E-state index in [1.807, 2.05) is 37.3 Å². The summed E-state index contributed by atoms with van der Waals surface area (Å²) < 4.78 is 0. The molecule has 0 spiro atoms. The highest BCUT2D eigenvalue weighted by Crippen LogP contribution is 2.17. The lowest BCUT2D eigenvalue weighted by atomic mass is 10.0. The molecule has 0 aliphatic rings. The van der Waals surface area contributed by atoms with Crippen molar-refractivity contribution in [2.75, 3.05) is 7.05 Å². The average Bonchev–Trinajstić information content (AvgIpc) is 2.54. The second-order valence-corrected chi connectivity index (χ2v) is 5.72. The van der Waals surface area contributed by atoms with Gasteiger partial charge in [-0.25, -0.2) is 0 Å². The molecule has 0 saturated heterocycles. The van der Waals surface area contributed by atoms with Crippen molar-refractivity contribution >= 4 is 5.91 Å². The molecule has 0 aliphatic heterocycles. The van der Waals surface area contributed by atoms with Gasteiger partial charge in [0, 0.05) is 18.9 Å². The van der Waals surface area contributed by atoms with Crippen molar-refractivity contribution in [3.05, 3.63) is 59.2 Å². The van der Waals surface area contributed by atoms with Gasteiger partial charge in [0.05, 0.1) is 23.5 Å². The van der Waals surface area contributed by atoms with Crippen LogP contribution in [0.5, 0.6) is 0 Å². The zero-order valence-corrected chi connectivity index (χ0v) is 13.7. The molecule has 2 aromatic rings. The number of carbonyl (C=O) groups excluding carboxylic acids is 1. The molecule has 0 saturated carbocycles. The van der Waals surface area contributed by atoms with E-state index < -0.39 is 0 Å². The van der Waals surface area contributed by atoms with E-state index in [0.717, 1.165) is 23.5 Å². The van der Waals surface area contributed by atoms with Crippen molar-refractivity contribution in [2.24, 2.45) is 0 Å². The molecule has 1 amide bonds. The summed E-state index contributed by atoms with van der Waals surface area (Å²) in [5.41, 5.74) is 3.46. The summed E-state index contributed by atoms with van der Waals surface area (Å²) >= 11 is 0. The van der Waals surface area contributed by atoms with E-state index in [4.69, 9.17) is 0 Å². The molecule has 0 atom stereocenters. The molecule has 22 heavy (non-hydrogen) atoms. The van der Waals surface area contributed by atoms with Crippen molar-refractivity contribution in [1.29, 1.82) is 0 Å². The third kappa shape index (κ3) is 3.70. The van der Waals surface area contributed by atoms with Crippen LogP contribution in [0.4, 0.5) is 0 Å². The Hall–Kier alpha value is -2.23. The first-order valence-corrected chi connectivity index (χ1v) is 7.68. The van der Waals surface area contributed by atoms with E-state index in [0.29, 0.717) is 18.0 Å². The van der Waals surface area contributed by atoms with Gasteiger partial charge in [0.1, 0.15) is 0 Å². The van der Waals surface area contributed by atoms with Gasteiger partial charge in [0.25, 0.3) is 5.91 Å². The Balaban J connectivity index is 2.21. The minimum Gasteiger partial charge on any atom is -0.336 e. The molecule has 2 rings (SSSR count). The highest BCUT2D eigenvalue weighted by molar-refractivity contribution is 5.95. The largest absolute Gasteiger partial charge is 0.336 e. The van der Waals surface area contributed by atoms with Gasteiger partial charge in [-0.1, -0.05) is 26.8 Å². The number of rotatable bonds is 5. The summed E-state index contributed by atoms with van der Waals surface area (Å²) in [6.45, 7) is 6.74. The van der Waals surface area contributed by atoms with E-state index in [2.05, 4.69) is 23.8 Å². The summed E-state index contributed by atoms with van der Waals surface area (Å²) in [6.07, 6.45) is 2.49. The maximum atomic E-state index is 12.7. The summed E-state index contributed by atoms with van der Waals surface area (Å²) in [4.78, 5) is 23.3. The predicted molar refractivity (Wildman–Crippen MR) is 87.7 cm³/mol. The van der Waals surface area contributed by atoms with Crippen LogP contribution in [0.15, 0.2) is 36.5 Å². The summed E-state index contributed by atoms with van der Waals surface area (Å²) in [7, 11) is 1.80. The maximum absolute atomic E-state index is 12.7. The second kappa shape index (κ2) is 7.16. The molecule has 4 heteroatoms. The van der Waals surface area contributed by atoms with Crippen LogP contribution in [0.25, 0.3) is 0 Å². The summed E-state index contributed by atoms with van der Waals surface area (Å²) in [6, 6.07) is 9.57. The van der Waals surface area contributed by atoms with Crippen molar-refractivity contribution in [2.45, 2.75) is 39.7 Å². The molecule has 0 unspecified atom stereocenters. The minimum atomic E-state index is -0.00897. The van der Waals surface area contributed by atoms with Crippen LogP contribution in [0, 0.1) is 0 Å². The fourth-order valence-electron chi connectivity index (χ4n) is 2.32. The van der Waals surface area contributed by atoms with Gasteiger partial charge in [0.2, 0.25) is 0 Å². The van der Waals surface area contributed by atoms with Crippen molar-refractivity contribution in [3.8, 4) is 0 Å². The zero-order valence-electron chi connectivity index (χ0n) is 13.7. The first-order chi connectivity index (χ1) is 10.5. The number of hydrogen-bond donors (Lipinski definition) is 0. The normalized spacial score (nSPS) is 10.8. The molecule has 0 aromatic carbocycles. The Kier molecular flexibility index (Phi) is 5.26. The van der Waals surface area contributed by atoms with Gasteiger partial charge in [-0.15, -0.1) is 0 Å². The number of hydrogen-bond acceptors (Lipinski definition) is 3. The van der Waals surface area contributed by atoms with E-state index >= 15 is 0 Å². The van der Waals surface area contributed by atoms with E-state index in [1.54, 1.807) is 18.1 Å². The monoisotopic (exact) mass is 297 g/mol. The number of aryl methyl sites for hydroxylation is 1. The molecule has 0 fully saturated rings. The Morgan fingerprint density at radius 2 is 2.00 bits per heavy atom. The molecule has 2 heterocycles. The Bertz CT molecular complexity index is 638. The highest BCUT2D eigenvalue weighted by Gasteiger charge is 2.17. The van der Waals surface area contributed by atoms with Gasteiger partial charge >= 0.3 is 0 Å². The van der Waals surface area contributed by atoms with Crippen LogP contribution >= 0.6 is 0 Å². The summed E-state index contributed by atoms with van der Waals surface area (Å²) in [5.74, 6) is 0.353. The molecule has 0 radical (unpaired) electrons. The molecule has 0 N–H and O–H groups in total. The number of pyridine rings is 2. The lowest BCUT2D eigenvalue weighted by molar-refractivity contribution is 0.0781. The van der Waals surface area contributed by atoms with Crippen LogP contribution in [0.2, 0.25) is 0 Å². The Morgan fingerprint density at radius 3 is 2.59 bits per heavy atom. The minimum absolute atomic E-state index is 0.00897. The summed E-state index contributed by atoms with van der Waals surface area (Å²) in [5, 5.41) is 0. The molecule has 0 bridgehead atoms. The maximum Gasteiger partial charge on any atom is 0.255 e. The number of carbonyl (C=O) groups is 1. The third-order valence-electron chi connectivity index (χ3n) is 3.62. The quantitative estimate of drug-likeness (QED) is 0.849. The Labute approximate surface area is 132 Å². The van der Waals surface area contributed by atoms with E-state index in [-0.39, 0.29) is 5.91 Å². The first kappa shape index (κ1) is 16.1. The number of amides is 1. The average molecular weight is 297 g/mol. The molecular formula is C18H23N3O. The fourth-order valence-corrected chi connectivity index (χ4v) is 2.32.